The summed E-state index contributed by atoms with van der Waals surface area (Å²) in [4.78, 5) is 2.36. The zero-order valence-corrected chi connectivity index (χ0v) is 13.9. The Kier molecular flexibility index (Phi) is 6.47. The Labute approximate surface area is 133 Å². The molecular formula is C16H27ClN2O2. The van der Waals surface area contributed by atoms with Gasteiger partial charge in [0, 0.05) is 49.8 Å². The molecule has 1 aliphatic heterocycles. The standard InChI is InChI=1S/C16H26N2O2.ClH/c1-12-4-5-14(20)13(10-12)15(16(2,3)11-19)18-8-6-17-7-9-18;/h4-5,10,15,17,19-20H,6-9,11H2,1-3H3;1H/t15-;/m1./s1. The van der Waals surface area contributed by atoms with E-state index in [1.54, 1.807) is 6.07 Å². The van der Waals surface area contributed by atoms with Crippen LogP contribution in [0.15, 0.2) is 18.2 Å². The van der Waals surface area contributed by atoms with Gasteiger partial charge in [0.2, 0.25) is 0 Å². The smallest absolute Gasteiger partial charge is 0.120 e. The first kappa shape index (κ1) is 18.2. The van der Waals surface area contributed by atoms with Gasteiger partial charge in [0.05, 0.1) is 0 Å². The van der Waals surface area contributed by atoms with Crippen molar-refractivity contribution < 1.29 is 10.2 Å². The number of halogens is 1. The van der Waals surface area contributed by atoms with Crippen LogP contribution in [-0.2, 0) is 0 Å². The number of aromatic hydroxyl groups is 1. The van der Waals surface area contributed by atoms with Crippen molar-refractivity contribution in [3.63, 3.8) is 0 Å². The maximum absolute atomic E-state index is 10.3. The molecule has 4 nitrogen and oxygen atoms in total. The molecule has 1 aromatic carbocycles. The van der Waals surface area contributed by atoms with Crippen molar-refractivity contribution in [3.8, 4) is 5.75 Å². The monoisotopic (exact) mass is 314 g/mol. The van der Waals surface area contributed by atoms with E-state index in [0.29, 0.717) is 5.75 Å². The summed E-state index contributed by atoms with van der Waals surface area (Å²) in [5, 5.41) is 23.4. The van der Waals surface area contributed by atoms with Crippen molar-refractivity contribution in [2.24, 2.45) is 5.41 Å². The molecule has 120 valence electrons. The van der Waals surface area contributed by atoms with Gasteiger partial charge < -0.3 is 15.5 Å². The second kappa shape index (κ2) is 7.45. The van der Waals surface area contributed by atoms with Crippen molar-refractivity contribution >= 4 is 12.4 Å². The molecule has 0 unspecified atom stereocenters. The predicted octanol–water partition coefficient (Wildman–Crippen LogP) is 2.09. The molecule has 2 rings (SSSR count). The van der Waals surface area contributed by atoms with Gasteiger partial charge in [0.15, 0.2) is 0 Å². The van der Waals surface area contributed by atoms with E-state index >= 15 is 0 Å². The molecule has 3 N–H and O–H groups in total. The van der Waals surface area contributed by atoms with E-state index in [2.05, 4.69) is 24.1 Å². The number of aliphatic hydroxyl groups excluding tert-OH is 1. The summed E-state index contributed by atoms with van der Waals surface area (Å²) in [5.41, 5.74) is 1.75. The maximum atomic E-state index is 10.3. The van der Waals surface area contributed by atoms with Crippen molar-refractivity contribution in [2.75, 3.05) is 32.8 Å². The van der Waals surface area contributed by atoms with Crippen molar-refractivity contribution in [1.29, 1.82) is 0 Å². The van der Waals surface area contributed by atoms with E-state index in [4.69, 9.17) is 0 Å². The molecule has 0 aliphatic carbocycles. The molecule has 1 heterocycles. The molecule has 1 aromatic rings. The van der Waals surface area contributed by atoms with Gasteiger partial charge in [-0.2, -0.15) is 0 Å². The van der Waals surface area contributed by atoms with E-state index in [0.717, 1.165) is 37.3 Å². The average molecular weight is 315 g/mol. The Balaban J connectivity index is 0.00000220. The van der Waals surface area contributed by atoms with E-state index in [1.165, 1.54) is 0 Å². The van der Waals surface area contributed by atoms with Gasteiger partial charge in [0.1, 0.15) is 5.75 Å². The van der Waals surface area contributed by atoms with Crippen LogP contribution in [0.25, 0.3) is 0 Å². The molecular weight excluding hydrogens is 288 g/mol. The number of hydrogen-bond acceptors (Lipinski definition) is 4. The molecule has 1 atom stereocenters. The Bertz CT molecular complexity index is 460. The van der Waals surface area contributed by atoms with Crippen LogP contribution < -0.4 is 5.32 Å². The fraction of sp³-hybridized carbons (Fsp3) is 0.625. The van der Waals surface area contributed by atoms with Gasteiger partial charge in [0.25, 0.3) is 0 Å². The predicted molar refractivity (Wildman–Crippen MR) is 88.1 cm³/mol. The number of piperazine rings is 1. The number of hydrogen-bond donors (Lipinski definition) is 3. The summed E-state index contributed by atoms with van der Waals surface area (Å²) in [6.45, 7) is 10.00. The molecule has 0 saturated carbocycles. The fourth-order valence-electron chi connectivity index (χ4n) is 3.03. The van der Waals surface area contributed by atoms with Crippen LogP contribution >= 0.6 is 12.4 Å². The molecule has 0 aromatic heterocycles. The molecule has 0 bridgehead atoms. The number of nitrogens with zero attached hydrogens (tertiary/aromatic N) is 1. The third-order valence-corrected chi connectivity index (χ3v) is 4.14. The van der Waals surface area contributed by atoms with E-state index in [9.17, 15) is 10.2 Å². The summed E-state index contributed by atoms with van der Waals surface area (Å²) in [6.07, 6.45) is 0. The Morgan fingerprint density at radius 3 is 2.48 bits per heavy atom. The van der Waals surface area contributed by atoms with E-state index < -0.39 is 0 Å². The summed E-state index contributed by atoms with van der Waals surface area (Å²) < 4.78 is 0. The lowest BCUT2D eigenvalue weighted by atomic mass is 9.79. The lowest BCUT2D eigenvalue weighted by molar-refractivity contribution is 0.0293. The SMILES string of the molecule is Cc1ccc(O)c([C@@H](N2CCNCC2)C(C)(C)CO)c1.Cl. The lowest BCUT2D eigenvalue weighted by Gasteiger charge is -2.43. The minimum absolute atomic E-state index is 0. The van der Waals surface area contributed by atoms with Crippen LogP contribution in [-0.4, -0.2) is 47.9 Å². The normalized spacial score (nSPS) is 18.1. The summed E-state index contributed by atoms with van der Waals surface area (Å²) >= 11 is 0. The molecule has 1 aliphatic rings. The number of phenols is 1. The third-order valence-electron chi connectivity index (χ3n) is 4.14. The highest BCUT2D eigenvalue weighted by Gasteiger charge is 2.37. The topological polar surface area (TPSA) is 55.7 Å². The number of phenolic OH excluding ortho intramolecular Hbond substituents is 1. The van der Waals surface area contributed by atoms with E-state index in [-0.39, 0.29) is 30.5 Å². The fourth-order valence-corrected chi connectivity index (χ4v) is 3.03. The van der Waals surface area contributed by atoms with Gasteiger partial charge in [-0.1, -0.05) is 31.5 Å². The van der Waals surface area contributed by atoms with Crippen LogP contribution in [0.1, 0.15) is 31.0 Å². The highest BCUT2D eigenvalue weighted by atomic mass is 35.5. The zero-order chi connectivity index (χ0) is 14.8. The number of nitrogens with one attached hydrogen (secondary N) is 1. The van der Waals surface area contributed by atoms with Crippen LogP contribution in [0.4, 0.5) is 0 Å². The molecule has 1 saturated heterocycles. The number of benzene rings is 1. The highest BCUT2D eigenvalue weighted by molar-refractivity contribution is 5.85. The zero-order valence-electron chi connectivity index (χ0n) is 13.1. The number of rotatable bonds is 4. The number of aliphatic hydroxyl groups is 1. The van der Waals surface area contributed by atoms with E-state index in [1.807, 2.05) is 19.1 Å². The molecule has 1 fully saturated rings. The van der Waals surface area contributed by atoms with Gasteiger partial charge in [-0.05, 0) is 13.0 Å². The second-order valence-electron chi connectivity index (χ2n) is 6.40. The van der Waals surface area contributed by atoms with Gasteiger partial charge in [-0.3, -0.25) is 4.90 Å². The average Bonchev–Trinajstić information content (AvgIpc) is 2.44. The van der Waals surface area contributed by atoms with Crippen molar-refractivity contribution in [1.82, 2.24) is 10.2 Å². The Hall–Kier alpha value is -0.810. The molecule has 0 radical (unpaired) electrons. The van der Waals surface area contributed by atoms with Gasteiger partial charge in [-0.25, -0.2) is 0 Å². The van der Waals surface area contributed by atoms with Crippen molar-refractivity contribution in [2.45, 2.75) is 26.8 Å². The lowest BCUT2D eigenvalue weighted by Crippen LogP contribution is -2.49. The molecule has 0 amide bonds. The first-order valence-corrected chi connectivity index (χ1v) is 7.31. The quantitative estimate of drug-likeness (QED) is 0.796. The van der Waals surface area contributed by atoms with Crippen LogP contribution in [0.5, 0.6) is 5.75 Å². The molecule has 21 heavy (non-hydrogen) atoms. The number of aryl methyl sites for hydroxylation is 1. The first-order chi connectivity index (χ1) is 9.45. The maximum Gasteiger partial charge on any atom is 0.120 e. The van der Waals surface area contributed by atoms with Gasteiger partial charge >= 0.3 is 0 Å². The molecule has 5 heteroatoms. The Morgan fingerprint density at radius 2 is 1.90 bits per heavy atom. The van der Waals surface area contributed by atoms with Crippen LogP contribution in [0.2, 0.25) is 0 Å². The van der Waals surface area contributed by atoms with Crippen LogP contribution in [0.3, 0.4) is 0 Å². The van der Waals surface area contributed by atoms with Crippen LogP contribution in [0, 0.1) is 12.3 Å². The third kappa shape index (κ3) is 4.10. The minimum atomic E-state index is -0.303. The highest BCUT2D eigenvalue weighted by Crippen LogP contribution is 2.42. The van der Waals surface area contributed by atoms with Gasteiger partial charge in [-0.15, -0.1) is 12.4 Å². The first-order valence-electron chi connectivity index (χ1n) is 7.31. The minimum Gasteiger partial charge on any atom is -0.508 e. The summed E-state index contributed by atoms with van der Waals surface area (Å²) in [6, 6.07) is 5.74. The summed E-state index contributed by atoms with van der Waals surface area (Å²) in [5.74, 6) is 0.320. The molecule has 0 spiro atoms. The van der Waals surface area contributed by atoms with Crippen molar-refractivity contribution in [3.05, 3.63) is 29.3 Å². The summed E-state index contributed by atoms with van der Waals surface area (Å²) in [7, 11) is 0. The largest absolute Gasteiger partial charge is 0.508 e. The Morgan fingerprint density at radius 1 is 1.29 bits per heavy atom. The second-order valence-corrected chi connectivity index (χ2v) is 6.40.